The van der Waals surface area contributed by atoms with Crippen molar-refractivity contribution in [3.05, 3.63) is 113 Å². The van der Waals surface area contributed by atoms with E-state index in [1.165, 1.54) is 14.2 Å². The largest absolute Gasteiger partial charge is 0.496 e. The normalized spacial score (nSPS) is 12.6. The van der Waals surface area contributed by atoms with E-state index in [4.69, 9.17) is 23.7 Å². The molecule has 10 nitrogen and oxygen atoms in total. The van der Waals surface area contributed by atoms with Gasteiger partial charge in [0.2, 0.25) is 0 Å². The van der Waals surface area contributed by atoms with Gasteiger partial charge in [-0.15, -0.1) is 0 Å². The number of alkyl carbamates (subject to hydrolysis) is 1. The van der Waals surface area contributed by atoms with E-state index in [0.717, 1.165) is 27.8 Å². The summed E-state index contributed by atoms with van der Waals surface area (Å²) in [5, 5.41) is 5.23. The standard InChI is InChI=1S/C39H42N2O8/c1-39(2,3)49-27-17-14-25(15-18-27)20-34(37(43)47-22-26-16-19-28(21-35(26)45-5)46-24-36(42)40-4)41-38(44)48-23-33-31-12-8-6-10-29(31)30-11-7-9-13-32(30)33/h6-19,21,33-34H,20,22-24H2,1-5H3,(H,40,42)(H,41,44)/t34-/m1/s1. The molecule has 5 rings (SSSR count). The van der Waals surface area contributed by atoms with Crippen molar-refractivity contribution in [3.8, 4) is 28.4 Å². The molecule has 0 saturated heterocycles. The van der Waals surface area contributed by atoms with Crippen molar-refractivity contribution < 1.29 is 38.1 Å². The number of amides is 2. The summed E-state index contributed by atoms with van der Waals surface area (Å²) < 4.78 is 28.4. The van der Waals surface area contributed by atoms with Crippen LogP contribution in [-0.2, 0) is 32.1 Å². The maximum atomic E-state index is 13.5. The number of methoxy groups -OCH3 is 1. The van der Waals surface area contributed by atoms with Crippen molar-refractivity contribution in [2.75, 3.05) is 27.4 Å². The van der Waals surface area contributed by atoms with Gasteiger partial charge in [-0.25, -0.2) is 9.59 Å². The molecule has 4 aromatic carbocycles. The molecule has 0 unspecified atom stereocenters. The van der Waals surface area contributed by atoms with E-state index < -0.39 is 18.1 Å². The second-order valence-electron chi connectivity index (χ2n) is 12.6. The van der Waals surface area contributed by atoms with Gasteiger partial charge < -0.3 is 34.3 Å². The first-order valence-electron chi connectivity index (χ1n) is 16.1. The number of ether oxygens (including phenoxy) is 5. The Morgan fingerprint density at radius 3 is 2.06 bits per heavy atom. The van der Waals surface area contributed by atoms with Crippen LogP contribution in [0.2, 0.25) is 0 Å². The number of nitrogens with one attached hydrogen (secondary N) is 2. The number of likely N-dealkylation sites (N-methyl/N-ethyl adjacent to an activating group) is 1. The molecule has 0 aliphatic heterocycles. The highest BCUT2D eigenvalue weighted by Gasteiger charge is 2.30. The van der Waals surface area contributed by atoms with Crippen molar-refractivity contribution in [3.63, 3.8) is 0 Å². The summed E-state index contributed by atoms with van der Waals surface area (Å²) in [4.78, 5) is 38.4. The lowest BCUT2D eigenvalue weighted by atomic mass is 9.98. The number of benzene rings is 4. The maximum Gasteiger partial charge on any atom is 0.407 e. The number of carbonyl (C=O) groups excluding carboxylic acids is 3. The van der Waals surface area contributed by atoms with E-state index in [0.29, 0.717) is 22.8 Å². The van der Waals surface area contributed by atoms with Crippen LogP contribution in [0, 0.1) is 0 Å². The van der Waals surface area contributed by atoms with Gasteiger partial charge in [-0.3, -0.25) is 4.79 Å². The Morgan fingerprint density at radius 2 is 1.45 bits per heavy atom. The molecule has 2 amide bonds. The van der Waals surface area contributed by atoms with Gasteiger partial charge in [0.15, 0.2) is 6.61 Å². The summed E-state index contributed by atoms with van der Waals surface area (Å²) in [5.41, 5.74) is 5.41. The zero-order valence-electron chi connectivity index (χ0n) is 28.4. The molecular formula is C39H42N2O8. The summed E-state index contributed by atoms with van der Waals surface area (Å²) >= 11 is 0. The van der Waals surface area contributed by atoms with E-state index in [-0.39, 0.29) is 43.7 Å². The van der Waals surface area contributed by atoms with Crippen LogP contribution in [0.4, 0.5) is 4.79 Å². The number of hydrogen-bond donors (Lipinski definition) is 2. The zero-order chi connectivity index (χ0) is 35.0. The van der Waals surface area contributed by atoms with E-state index in [9.17, 15) is 14.4 Å². The van der Waals surface area contributed by atoms with Crippen molar-refractivity contribution in [2.24, 2.45) is 0 Å². The van der Waals surface area contributed by atoms with Crippen LogP contribution in [0.3, 0.4) is 0 Å². The highest BCUT2D eigenvalue weighted by atomic mass is 16.6. The number of hydrogen-bond acceptors (Lipinski definition) is 8. The lowest BCUT2D eigenvalue weighted by molar-refractivity contribution is -0.147. The molecule has 2 N–H and O–H groups in total. The average Bonchev–Trinajstić information content (AvgIpc) is 3.42. The zero-order valence-corrected chi connectivity index (χ0v) is 28.4. The molecular weight excluding hydrogens is 624 g/mol. The molecule has 0 heterocycles. The Bertz CT molecular complexity index is 1740. The minimum atomic E-state index is -1.05. The van der Waals surface area contributed by atoms with Crippen molar-refractivity contribution in [2.45, 2.75) is 51.4 Å². The van der Waals surface area contributed by atoms with E-state index in [1.807, 2.05) is 81.4 Å². The summed E-state index contributed by atoms with van der Waals surface area (Å²) in [6, 6.07) is 27.4. The Morgan fingerprint density at radius 1 is 0.816 bits per heavy atom. The predicted molar refractivity (Wildman–Crippen MR) is 185 cm³/mol. The van der Waals surface area contributed by atoms with Gasteiger partial charge in [0, 0.05) is 31.0 Å². The molecule has 0 saturated carbocycles. The Balaban J connectivity index is 1.28. The van der Waals surface area contributed by atoms with E-state index in [2.05, 4.69) is 22.8 Å². The van der Waals surface area contributed by atoms with Crippen LogP contribution < -0.4 is 24.8 Å². The van der Waals surface area contributed by atoms with Crippen LogP contribution in [0.15, 0.2) is 91.0 Å². The van der Waals surface area contributed by atoms with Crippen LogP contribution in [0.1, 0.15) is 48.9 Å². The van der Waals surface area contributed by atoms with Gasteiger partial charge in [0.25, 0.3) is 5.91 Å². The topological polar surface area (TPSA) is 121 Å². The van der Waals surface area contributed by atoms with Gasteiger partial charge in [-0.1, -0.05) is 60.7 Å². The van der Waals surface area contributed by atoms with Crippen LogP contribution in [-0.4, -0.2) is 57.0 Å². The highest BCUT2D eigenvalue weighted by molar-refractivity contribution is 5.82. The van der Waals surface area contributed by atoms with Crippen molar-refractivity contribution in [1.29, 1.82) is 0 Å². The highest BCUT2D eigenvalue weighted by Crippen LogP contribution is 2.44. The monoisotopic (exact) mass is 666 g/mol. The minimum absolute atomic E-state index is 0.103. The van der Waals surface area contributed by atoms with Gasteiger partial charge in [0.05, 0.1) is 7.11 Å². The van der Waals surface area contributed by atoms with Gasteiger partial charge in [-0.05, 0) is 72.9 Å². The lowest BCUT2D eigenvalue weighted by Gasteiger charge is -2.22. The average molecular weight is 667 g/mol. The molecule has 256 valence electrons. The molecule has 0 radical (unpaired) electrons. The third kappa shape index (κ3) is 9.10. The number of esters is 1. The fraction of sp³-hybridized carbons (Fsp3) is 0.308. The lowest BCUT2D eigenvalue weighted by Crippen LogP contribution is -2.43. The maximum absolute atomic E-state index is 13.5. The van der Waals surface area contributed by atoms with Crippen molar-refractivity contribution in [1.82, 2.24) is 10.6 Å². The van der Waals surface area contributed by atoms with Crippen LogP contribution >= 0.6 is 0 Å². The fourth-order valence-electron chi connectivity index (χ4n) is 5.66. The van der Waals surface area contributed by atoms with Gasteiger partial charge in [-0.2, -0.15) is 0 Å². The summed E-state index contributed by atoms with van der Waals surface area (Å²) in [5.74, 6) is 0.472. The first-order valence-corrected chi connectivity index (χ1v) is 16.1. The summed E-state index contributed by atoms with van der Waals surface area (Å²) in [7, 11) is 3.01. The Hall–Kier alpha value is -5.51. The molecule has 0 spiro atoms. The van der Waals surface area contributed by atoms with Gasteiger partial charge >= 0.3 is 12.1 Å². The summed E-state index contributed by atoms with van der Waals surface area (Å²) in [6.07, 6.45) is -0.575. The van der Waals surface area contributed by atoms with Gasteiger partial charge in [0.1, 0.15) is 42.1 Å². The molecule has 4 aromatic rings. The first-order chi connectivity index (χ1) is 23.5. The third-order valence-corrected chi connectivity index (χ3v) is 7.98. The Kier molecular flexibility index (Phi) is 11.1. The first kappa shape index (κ1) is 34.8. The predicted octanol–water partition coefficient (Wildman–Crippen LogP) is 6.19. The molecule has 10 heteroatoms. The van der Waals surface area contributed by atoms with Crippen LogP contribution in [0.5, 0.6) is 17.2 Å². The van der Waals surface area contributed by atoms with Crippen molar-refractivity contribution >= 4 is 18.0 Å². The summed E-state index contributed by atoms with van der Waals surface area (Å²) in [6.45, 7) is 5.72. The molecule has 0 fully saturated rings. The quantitative estimate of drug-likeness (QED) is 0.162. The molecule has 0 aromatic heterocycles. The minimum Gasteiger partial charge on any atom is -0.496 e. The Labute approximate surface area is 286 Å². The van der Waals surface area contributed by atoms with Crippen LogP contribution in [0.25, 0.3) is 11.1 Å². The number of carbonyl (C=O) groups is 3. The molecule has 0 bridgehead atoms. The van der Waals surface area contributed by atoms with E-state index in [1.54, 1.807) is 18.2 Å². The molecule has 1 aliphatic rings. The molecule has 1 aliphatic carbocycles. The molecule has 1 atom stereocenters. The number of rotatable bonds is 13. The third-order valence-electron chi connectivity index (χ3n) is 7.98. The second-order valence-corrected chi connectivity index (χ2v) is 12.6. The van der Waals surface area contributed by atoms with E-state index >= 15 is 0 Å². The SMILES string of the molecule is CNC(=O)COc1ccc(COC(=O)[C@@H](Cc2ccc(OC(C)(C)C)cc2)NC(=O)OCC2c3ccccc3-c3ccccc32)c(OC)c1. The smallest absolute Gasteiger partial charge is 0.407 e. The molecule has 49 heavy (non-hydrogen) atoms. The number of fused-ring (bicyclic) bond motifs is 3. The second kappa shape index (κ2) is 15.6. The fourth-order valence-corrected chi connectivity index (χ4v) is 5.66.